The van der Waals surface area contributed by atoms with Crippen molar-refractivity contribution in [2.45, 2.75) is 37.8 Å². The molecule has 2 aromatic carbocycles. The van der Waals surface area contributed by atoms with Gasteiger partial charge in [-0.05, 0) is 62.1 Å². The van der Waals surface area contributed by atoms with Crippen molar-refractivity contribution < 1.29 is 9.59 Å². The molecular formula is C28H27ClN6O2. The fraction of sp³-hybridized carbons (Fsp3) is 0.214. The van der Waals surface area contributed by atoms with Gasteiger partial charge in [0.15, 0.2) is 0 Å². The molecule has 1 aliphatic carbocycles. The van der Waals surface area contributed by atoms with Crippen molar-refractivity contribution in [1.29, 1.82) is 0 Å². The molecule has 1 fully saturated rings. The number of aromatic nitrogens is 3. The van der Waals surface area contributed by atoms with Crippen LogP contribution in [0.25, 0.3) is 22.2 Å². The molecule has 0 saturated heterocycles. The molecule has 8 nitrogen and oxygen atoms in total. The van der Waals surface area contributed by atoms with E-state index in [2.05, 4.69) is 32.5 Å². The molecule has 4 aromatic rings. The molecule has 9 heteroatoms. The van der Waals surface area contributed by atoms with Crippen LogP contribution in [0.3, 0.4) is 0 Å². The lowest BCUT2D eigenvalue weighted by atomic mass is 9.91. The number of anilines is 2. The lowest BCUT2D eigenvalue weighted by molar-refractivity contribution is -0.111. The van der Waals surface area contributed by atoms with Crippen LogP contribution in [-0.4, -0.2) is 38.8 Å². The van der Waals surface area contributed by atoms with Crippen molar-refractivity contribution >= 4 is 46.0 Å². The number of hydrogen-bond acceptors (Lipinski definition) is 5. The predicted octanol–water partition coefficient (Wildman–Crippen LogP) is 5.56. The largest absolute Gasteiger partial charge is 0.360 e. The summed E-state index contributed by atoms with van der Waals surface area (Å²) in [7, 11) is 0. The minimum absolute atomic E-state index is 0.0959. The number of para-hydroxylation sites is 1. The van der Waals surface area contributed by atoms with E-state index in [1.807, 2.05) is 30.5 Å². The SMILES string of the molecule is C=CC(=O)Nc1ccc(C(=O)N[C@H]2CC[C@@H](Nc3ncc(Cl)c(-c4c[nH]c5ccccc45)n3)CC2)cc1. The van der Waals surface area contributed by atoms with Gasteiger partial charge in [0.2, 0.25) is 11.9 Å². The standard InChI is InChI=1S/C28H27ClN6O2/c1-2-25(36)32-18-9-7-17(8-10-18)27(37)33-19-11-13-20(14-12-19)34-28-31-16-23(29)26(35-28)22-15-30-24-6-4-3-5-21(22)24/h2-10,15-16,19-20,30H,1,11-14H2,(H,32,36)(H,33,37)(H,31,34,35)/t19-,20+. The first kappa shape index (κ1) is 24.5. The third-order valence-electron chi connectivity index (χ3n) is 6.58. The van der Waals surface area contributed by atoms with Gasteiger partial charge in [-0.15, -0.1) is 0 Å². The van der Waals surface area contributed by atoms with E-state index in [1.165, 1.54) is 6.08 Å². The van der Waals surface area contributed by atoms with E-state index in [-0.39, 0.29) is 23.9 Å². The highest BCUT2D eigenvalue weighted by Crippen LogP contribution is 2.32. The second kappa shape index (κ2) is 10.8. The molecule has 0 aliphatic heterocycles. The molecule has 0 unspecified atom stereocenters. The van der Waals surface area contributed by atoms with Crippen LogP contribution < -0.4 is 16.0 Å². The first-order valence-corrected chi connectivity index (χ1v) is 12.6. The Morgan fingerprint density at radius 2 is 1.76 bits per heavy atom. The third-order valence-corrected chi connectivity index (χ3v) is 6.86. The molecule has 2 aromatic heterocycles. The number of hydrogen-bond donors (Lipinski definition) is 4. The maximum Gasteiger partial charge on any atom is 0.251 e. The number of carbonyl (C=O) groups is 2. The van der Waals surface area contributed by atoms with E-state index in [1.54, 1.807) is 30.5 Å². The lowest BCUT2D eigenvalue weighted by Crippen LogP contribution is -2.40. The van der Waals surface area contributed by atoms with Gasteiger partial charge in [-0.2, -0.15) is 0 Å². The Kier molecular flexibility index (Phi) is 7.18. The van der Waals surface area contributed by atoms with Gasteiger partial charge in [0.05, 0.1) is 16.9 Å². The molecule has 0 bridgehead atoms. The van der Waals surface area contributed by atoms with Crippen LogP contribution in [-0.2, 0) is 4.79 Å². The summed E-state index contributed by atoms with van der Waals surface area (Å²) in [5, 5.41) is 10.8. The number of amides is 2. The smallest absolute Gasteiger partial charge is 0.251 e. The average molecular weight is 515 g/mol. The number of carbonyl (C=O) groups excluding carboxylic acids is 2. The summed E-state index contributed by atoms with van der Waals surface area (Å²) in [6.07, 6.45) is 8.21. The number of fused-ring (bicyclic) bond motifs is 1. The third kappa shape index (κ3) is 5.65. The van der Waals surface area contributed by atoms with E-state index >= 15 is 0 Å². The van der Waals surface area contributed by atoms with E-state index < -0.39 is 0 Å². The molecule has 2 amide bonds. The molecule has 0 atom stereocenters. The van der Waals surface area contributed by atoms with Gasteiger partial charge in [0.25, 0.3) is 5.91 Å². The Balaban J connectivity index is 1.17. The zero-order valence-corrected chi connectivity index (χ0v) is 20.9. The zero-order chi connectivity index (χ0) is 25.8. The number of aromatic amines is 1. The first-order valence-electron chi connectivity index (χ1n) is 12.2. The second-order valence-corrected chi connectivity index (χ2v) is 9.48. The van der Waals surface area contributed by atoms with Gasteiger partial charge in [0.1, 0.15) is 0 Å². The highest BCUT2D eigenvalue weighted by molar-refractivity contribution is 6.33. The van der Waals surface area contributed by atoms with Crippen molar-refractivity contribution in [1.82, 2.24) is 20.3 Å². The van der Waals surface area contributed by atoms with E-state index in [0.29, 0.717) is 27.9 Å². The molecule has 188 valence electrons. The van der Waals surface area contributed by atoms with Crippen molar-refractivity contribution in [2.75, 3.05) is 10.6 Å². The molecule has 1 saturated carbocycles. The first-order chi connectivity index (χ1) is 18.0. The minimum Gasteiger partial charge on any atom is -0.360 e. The molecule has 4 N–H and O–H groups in total. The Morgan fingerprint density at radius 3 is 2.51 bits per heavy atom. The summed E-state index contributed by atoms with van der Waals surface area (Å²) in [4.78, 5) is 36.5. The quantitative estimate of drug-likeness (QED) is 0.241. The summed E-state index contributed by atoms with van der Waals surface area (Å²) in [6.45, 7) is 3.43. The van der Waals surface area contributed by atoms with Gasteiger partial charge in [0, 0.05) is 46.0 Å². The topological polar surface area (TPSA) is 112 Å². The van der Waals surface area contributed by atoms with Gasteiger partial charge < -0.3 is 20.9 Å². The minimum atomic E-state index is -0.291. The van der Waals surface area contributed by atoms with Crippen molar-refractivity contribution in [3.63, 3.8) is 0 Å². The van der Waals surface area contributed by atoms with Crippen LogP contribution in [0.4, 0.5) is 11.6 Å². The highest BCUT2D eigenvalue weighted by atomic mass is 35.5. The molecule has 0 radical (unpaired) electrons. The number of rotatable bonds is 7. The Morgan fingerprint density at radius 1 is 1.03 bits per heavy atom. The molecule has 2 heterocycles. The summed E-state index contributed by atoms with van der Waals surface area (Å²) >= 11 is 6.46. The van der Waals surface area contributed by atoms with Crippen LogP contribution in [0, 0.1) is 0 Å². The Labute approximate surface area is 219 Å². The van der Waals surface area contributed by atoms with Gasteiger partial charge in [-0.1, -0.05) is 36.4 Å². The summed E-state index contributed by atoms with van der Waals surface area (Å²) < 4.78 is 0. The molecule has 5 rings (SSSR count). The highest BCUT2D eigenvalue weighted by Gasteiger charge is 2.24. The maximum absolute atomic E-state index is 12.7. The maximum atomic E-state index is 12.7. The average Bonchev–Trinajstić information content (AvgIpc) is 3.35. The van der Waals surface area contributed by atoms with Crippen LogP contribution in [0.5, 0.6) is 0 Å². The number of H-pyrrole nitrogens is 1. The van der Waals surface area contributed by atoms with Gasteiger partial charge in [-0.3, -0.25) is 9.59 Å². The normalized spacial score (nSPS) is 17.2. The Hall–Kier alpha value is -4.17. The molecule has 1 aliphatic rings. The van der Waals surface area contributed by atoms with Crippen molar-refractivity contribution in [3.8, 4) is 11.3 Å². The van der Waals surface area contributed by atoms with Crippen LogP contribution in [0.1, 0.15) is 36.0 Å². The van der Waals surface area contributed by atoms with E-state index in [9.17, 15) is 9.59 Å². The van der Waals surface area contributed by atoms with E-state index in [0.717, 1.165) is 42.1 Å². The number of nitrogens with zero attached hydrogens (tertiary/aromatic N) is 2. The number of benzene rings is 2. The predicted molar refractivity (Wildman–Crippen MR) is 147 cm³/mol. The fourth-order valence-electron chi connectivity index (χ4n) is 4.62. The van der Waals surface area contributed by atoms with Crippen LogP contribution in [0.2, 0.25) is 5.02 Å². The summed E-state index contributed by atoms with van der Waals surface area (Å²) in [5.74, 6) is 0.129. The lowest BCUT2D eigenvalue weighted by Gasteiger charge is -2.29. The Bertz CT molecular complexity index is 1440. The van der Waals surface area contributed by atoms with Crippen LogP contribution >= 0.6 is 11.6 Å². The second-order valence-electron chi connectivity index (χ2n) is 9.08. The van der Waals surface area contributed by atoms with Crippen molar-refractivity contribution in [3.05, 3.63) is 84.2 Å². The molecule has 37 heavy (non-hydrogen) atoms. The van der Waals surface area contributed by atoms with Gasteiger partial charge >= 0.3 is 0 Å². The fourth-order valence-corrected chi connectivity index (χ4v) is 4.82. The number of halogens is 1. The van der Waals surface area contributed by atoms with Gasteiger partial charge in [-0.25, -0.2) is 9.97 Å². The molecule has 0 spiro atoms. The number of nitrogens with one attached hydrogen (secondary N) is 4. The summed E-state index contributed by atoms with van der Waals surface area (Å²) in [5.41, 5.74) is 3.82. The van der Waals surface area contributed by atoms with E-state index in [4.69, 9.17) is 16.6 Å². The zero-order valence-electron chi connectivity index (χ0n) is 20.1. The van der Waals surface area contributed by atoms with Crippen LogP contribution in [0.15, 0.2) is 73.6 Å². The monoisotopic (exact) mass is 514 g/mol. The summed E-state index contributed by atoms with van der Waals surface area (Å²) in [6, 6.07) is 15.1. The molecular weight excluding hydrogens is 488 g/mol. The van der Waals surface area contributed by atoms with Crippen molar-refractivity contribution in [2.24, 2.45) is 0 Å².